The third-order valence-electron chi connectivity index (χ3n) is 3.16. The van der Waals surface area contributed by atoms with Gasteiger partial charge in [0.15, 0.2) is 0 Å². The number of esters is 1. The average Bonchev–Trinajstić information content (AvgIpc) is 2.54. The van der Waals surface area contributed by atoms with E-state index in [2.05, 4.69) is 10.6 Å². The van der Waals surface area contributed by atoms with Crippen molar-refractivity contribution in [1.82, 2.24) is 0 Å². The Kier molecular flexibility index (Phi) is 6.60. The van der Waals surface area contributed by atoms with Gasteiger partial charge in [0.1, 0.15) is 6.61 Å². The monoisotopic (exact) mass is 394 g/mol. The van der Waals surface area contributed by atoms with Crippen molar-refractivity contribution in [2.45, 2.75) is 20.5 Å². The maximum Gasteiger partial charge on any atom is 0.338 e. The summed E-state index contributed by atoms with van der Waals surface area (Å²) in [5, 5.41) is 5.91. The fraction of sp³-hybridized carbons (Fsp3) is 0.167. The van der Waals surface area contributed by atoms with E-state index >= 15 is 0 Å². The lowest BCUT2D eigenvalue weighted by atomic mass is 10.1. The first-order chi connectivity index (χ1) is 12.2. The molecule has 0 heterocycles. The van der Waals surface area contributed by atoms with Crippen LogP contribution in [0.25, 0.3) is 0 Å². The maximum atomic E-state index is 12.3. The first-order valence-corrected chi connectivity index (χ1v) is 8.31. The summed E-state index contributed by atoms with van der Waals surface area (Å²) in [6, 6.07) is 9.37. The van der Waals surface area contributed by atoms with Crippen LogP contribution in [0.3, 0.4) is 0 Å². The molecule has 2 aromatic carbocycles. The molecule has 2 rings (SSSR count). The molecule has 0 saturated heterocycles. The molecule has 0 aromatic heterocycles. The Hall–Kier alpha value is -2.57. The van der Waals surface area contributed by atoms with Gasteiger partial charge in [-0.2, -0.15) is 0 Å². The van der Waals surface area contributed by atoms with Gasteiger partial charge in [-0.05, 0) is 35.9 Å². The Morgan fingerprint density at radius 3 is 1.96 bits per heavy atom. The molecule has 26 heavy (non-hydrogen) atoms. The molecule has 0 bridgehead atoms. The quantitative estimate of drug-likeness (QED) is 0.741. The molecule has 2 amide bonds. The number of carbonyl (C=O) groups excluding carboxylic acids is 3. The average molecular weight is 395 g/mol. The maximum absolute atomic E-state index is 12.3. The van der Waals surface area contributed by atoms with Gasteiger partial charge in [-0.1, -0.05) is 29.3 Å². The minimum Gasteiger partial charge on any atom is -0.457 e. The van der Waals surface area contributed by atoms with E-state index in [1.807, 2.05) is 0 Å². The Balaban J connectivity index is 2.18. The molecule has 0 spiro atoms. The molecule has 0 fully saturated rings. The summed E-state index contributed by atoms with van der Waals surface area (Å²) in [6.07, 6.45) is 0. The Morgan fingerprint density at radius 2 is 1.46 bits per heavy atom. The number of carbonyl (C=O) groups is 3. The molecule has 136 valence electrons. The van der Waals surface area contributed by atoms with Crippen molar-refractivity contribution in [2.75, 3.05) is 10.6 Å². The van der Waals surface area contributed by atoms with Gasteiger partial charge in [0.2, 0.25) is 11.8 Å². The fourth-order valence-corrected chi connectivity index (χ4v) is 2.48. The fourth-order valence-electron chi connectivity index (χ4n) is 2.16. The van der Waals surface area contributed by atoms with Crippen LogP contribution in [-0.4, -0.2) is 17.8 Å². The smallest absolute Gasteiger partial charge is 0.338 e. The first-order valence-electron chi connectivity index (χ1n) is 7.56. The molecule has 0 unspecified atom stereocenters. The SMILES string of the molecule is CC(=O)Nc1cc(NC(C)=O)cc(C(=O)OCc2ccc(Cl)c(Cl)c2)c1. The number of amides is 2. The van der Waals surface area contributed by atoms with Crippen LogP contribution in [0.15, 0.2) is 36.4 Å². The highest BCUT2D eigenvalue weighted by Gasteiger charge is 2.12. The van der Waals surface area contributed by atoms with Crippen LogP contribution < -0.4 is 10.6 Å². The Morgan fingerprint density at radius 1 is 0.885 bits per heavy atom. The number of nitrogens with one attached hydrogen (secondary N) is 2. The topological polar surface area (TPSA) is 84.5 Å². The lowest BCUT2D eigenvalue weighted by Crippen LogP contribution is -2.12. The molecule has 6 nitrogen and oxygen atoms in total. The van der Waals surface area contributed by atoms with Gasteiger partial charge in [-0.15, -0.1) is 0 Å². The van der Waals surface area contributed by atoms with Gasteiger partial charge < -0.3 is 15.4 Å². The number of ether oxygens (including phenoxy) is 1. The van der Waals surface area contributed by atoms with Gasteiger partial charge in [0.25, 0.3) is 0 Å². The highest BCUT2D eigenvalue weighted by molar-refractivity contribution is 6.42. The van der Waals surface area contributed by atoms with Crippen molar-refractivity contribution in [3.63, 3.8) is 0 Å². The van der Waals surface area contributed by atoms with Gasteiger partial charge in [-0.3, -0.25) is 9.59 Å². The van der Waals surface area contributed by atoms with Crippen molar-refractivity contribution in [2.24, 2.45) is 0 Å². The van der Waals surface area contributed by atoms with Crippen molar-refractivity contribution in [1.29, 1.82) is 0 Å². The lowest BCUT2D eigenvalue weighted by Gasteiger charge is -2.11. The van der Waals surface area contributed by atoms with Crippen LogP contribution in [-0.2, 0) is 20.9 Å². The number of anilines is 2. The summed E-state index contributed by atoms with van der Waals surface area (Å²) in [4.78, 5) is 34.9. The third-order valence-corrected chi connectivity index (χ3v) is 3.90. The molecule has 0 aliphatic heterocycles. The number of halogens is 2. The van der Waals surface area contributed by atoms with E-state index in [0.717, 1.165) is 0 Å². The van der Waals surface area contributed by atoms with Crippen molar-refractivity contribution in [3.05, 3.63) is 57.6 Å². The lowest BCUT2D eigenvalue weighted by molar-refractivity contribution is -0.115. The zero-order valence-corrected chi connectivity index (χ0v) is 15.6. The van der Waals surface area contributed by atoms with Gasteiger partial charge in [0.05, 0.1) is 15.6 Å². The molecule has 0 aliphatic carbocycles. The summed E-state index contributed by atoms with van der Waals surface area (Å²) in [5.41, 5.74) is 1.59. The highest BCUT2D eigenvalue weighted by Crippen LogP contribution is 2.24. The van der Waals surface area contributed by atoms with Crippen LogP contribution in [0.5, 0.6) is 0 Å². The van der Waals surface area contributed by atoms with Gasteiger partial charge in [0, 0.05) is 25.2 Å². The molecule has 0 atom stereocenters. The van der Waals surface area contributed by atoms with Crippen molar-refractivity contribution in [3.8, 4) is 0 Å². The van der Waals surface area contributed by atoms with E-state index in [-0.39, 0.29) is 24.0 Å². The van der Waals surface area contributed by atoms with E-state index in [9.17, 15) is 14.4 Å². The van der Waals surface area contributed by atoms with Gasteiger partial charge >= 0.3 is 5.97 Å². The predicted octanol–water partition coefficient (Wildman–Crippen LogP) is 4.27. The van der Waals surface area contributed by atoms with Crippen molar-refractivity contribution < 1.29 is 19.1 Å². The minimum atomic E-state index is -0.616. The molecule has 0 radical (unpaired) electrons. The third kappa shape index (κ3) is 5.75. The number of rotatable bonds is 5. The summed E-state index contributed by atoms with van der Waals surface area (Å²) < 4.78 is 5.26. The molecule has 0 aliphatic rings. The predicted molar refractivity (Wildman–Crippen MR) is 101 cm³/mol. The second kappa shape index (κ2) is 8.69. The van der Waals surface area contributed by atoms with E-state index in [0.29, 0.717) is 27.0 Å². The number of hydrogen-bond donors (Lipinski definition) is 2. The van der Waals surface area contributed by atoms with Crippen molar-refractivity contribution >= 4 is 52.4 Å². The van der Waals surface area contributed by atoms with Crippen LogP contribution in [0.2, 0.25) is 10.0 Å². The summed E-state index contributed by atoms with van der Waals surface area (Å²) in [7, 11) is 0. The molecule has 2 aromatic rings. The Bertz CT molecular complexity index is 834. The van der Waals surface area contributed by atoms with Crippen LogP contribution in [0.4, 0.5) is 11.4 Å². The summed E-state index contributed by atoms with van der Waals surface area (Å²) >= 11 is 11.8. The number of benzene rings is 2. The zero-order valence-electron chi connectivity index (χ0n) is 14.1. The highest BCUT2D eigenvalue weighted by atomic mass is 35.5. The van der Waals surface area contributed by atoms with E-state index in [1.54, 1.807) is 24.3 Å². The standard InChI is InChI=1S/C18H16Cl2N2O4/c1-10(23)21-14-6-13(7-15(8-14)22-11(2)24)18(25)26-9-12-3-4-16(19)17(20)5-12/h3-8H,9H2,1-2H3,(H,21,23)(H,22,24). The van der Waals surface area contributed by atoms with Gasteiger partial charge in [-0.25, -0.2) is 4.79 Å². The van der Waals surface area contributed by atoms with E-state index < -0.39 is 5.97 Å². The largest absolute Gasteiger partial charge is 0.457 e. The molecular weight excluding hydrogens is 379 g/mol. The second-order valence-corrected chi connectivity index (χ2v) is 6.30. The van der Waals surface area contributed by atoms with E-state index in [1.165, 1.54) is 26.0 Å². The summed E-state index contributed by atoms with van der Waals surface area (Å²) in [6.45, 7) is 2.68. The van der Waals surface area contributed by atoms with Crippen LogP contribution >= 0.6 is 23.2 Å². The molecule has 8 heteroatoms. The zero-order chi connectivity index (χ0) is 19.3. The normalized spacial score (nSPS) is 10.2. The van der Waals surface area contributed by atoms with Crippen LogP contribution in [0, 0.1) is 0 Å². The summed E-state index contributed by atoms with van der Waals surface area (Å²) in [5.74, 6) is -1.23. The van der Waals surface area contributed by atoms with E-state index in [4.69, 9.17) is 27.9 Å². The molecule has 2 N–H and O–H groups in total. The molecular formula is C18H16Cl2N2O4. The van der Waals surface area contributed by atoms with Crippen LogP contribution in [0.1, 0.15) is 29.8 Å². The molecule has 0 saturated carbocycles. The first kappa shape index (κ1) is 19.8. The number of hydrogen-bond acceptors (Lipinski definition) is 4. The Labute approximate surface area is 160 Å². The minimum absolute atomic E-state index is 0.00441. The second-order valence-electron chi connectivity index (χ2n) is 5.49.